The molecule has 0 spiro atoms. The third-order valence-electron chi connectivity index (χ3n) is 14.0. The number of allylic oxidation sites excluding steroid dienone is 19. The molecule has 2 aliphatic heterocycles. The van der Waals surface area contributed by atoms with Crippen molar-refractivity contribution < 1.29 is 18.6 Å². The molecule has 2 heterocycles. The van der Waals surface area contributed by atoms with Crippen molar-refractivity contribution in [2.75, 3.05) is 0 Å². The van der Waals surface area contributed by atoms with Gasteiger partial charge in [-0.1, -0.05) is 187 Å². The predicted octanol–water partition coefficient (Wildman–Crippen LogP) is 16.6. The number of hydrogen-bond donors (Lipinski definition) is 0. The van der Waals surface area contributed by atoms with Crippen molar-refractivity contribution in [3.63, 3.8) is 0 Å². The summed E-state index contributed by atoms with van der Waals surface area (Å²) >= 11 is 0. The molecule has 364 valence electrons. The number of rotatable bonds is 19. The van der Waals surface area contributed by atoms with Gasteiger partial charge in [-0.15, -0.1) is 13.2 Å². The highest BCUT2D eigenvalue weighted by Crippen LogP contribution is 2.57. The Labute approximate surface area is 416 Å². The van der Waals surface area contributed by atoms with Gasteiger partial charge in [-0.05, 0) is 152 Å². The molecule has 6 heteroatoms. The molecule has 68 heavy (non-hydrogen) atoms. The molecule has 2 fully saturated rings. The lowest BCUT2D eigenvalue weighted by Crippen LogP contribution is -2.41. The number of hydrogen-bond acceptors (Lipinski definition) is 4. The summed E-state index contributed by atoms with van der Waals surface area (Å²) in [5.74, 6) is 0.180. The summed E-state index contributed by atoms with van der Waals surface area (Å²) < 4.78 is 24.7. The Morgan fingerprint density at radius 3 is 1.85 bits per heavy atom. The van der Waals surface area contributed by atoms with E-state index >= 15 is 0 Å². The Morgan fingerprint density at radius 2 is 1.34 bits per heavy atom. The lowest BCUT2D eigenvalue weighted by molar-refractivity contribution is 0.00578. The maximum absolute atomic E-state index is 6.46. The van der Waals surface area contributed by atoms with E-state index in [-0.39, 0.29) is 35.6 Å². The second-order valence-corrected chi connectivity index (χ2v) is 20.0. The number of unbranched alkanes of at least 4 members (excludes halogenated alkanes) is 2. The third-order valence-corrected chi connectivity index (χ3v) is 14.0. The summed E-state index contributed by atoms with van der Waals surface area (Å²) in [6.45, 7) is 49.5. The van der Waals surface area contributed by atoms with E-state index in [0.717, 1.165) is 48.6 Å². The molecular weight excluding hydrogens is 830 g/mol. The summed E-state index contributed by atoms with van der Waals surface area (Å²) in [5.41, 5.74) is 8.57. The second kappa shape index (κ2) is 25.8. The molecule has 5 rings (SSSR count). The molecule has 3 atom stereocenters. The fourth-order valence-corrected chi connectivity index (χ4v) is 8.65. The molecule has 0 radical (unpaired) electrons. The van der Waals surface area contributed by atoms with Crippen molar-refractivity contribution >= 4 is 30.8 Å². The van der Waals surface area contributed by atoms with E-state index in [9.17, 15) is 0 Å². The molecule has 1 aliphatic carbocycles. The monoisotopic (exact) mass is 917 g/mol. The normalized spacial score (nSPS) is 22.3. The molecule has 0 N–H and O–H groups in total. The zero-order valence-electron chi connectivity index (χ0n) is 44.7. The van der Waals surface area contributed by atoms with E-state index in [1.54, 1.807) is 6.08 Å². The lowest BCUT2D eigenvalue weighted by Gasteiger charge is -2.47. The quantitative estimate of drug-likeness (QED) is 0.0609. The van der Waals surface area contributed by atoms with Crippen molar-refractivity contribution in [2.24, 2.45) is 17.3 Å². The molecule has 0 bridgehead atoms. The second-order valence-electron chi connectivity index (χ2n) is 20.0. The van der Waals surface area contributed by atoms with Gasteiger partial charge in [0.1, 0.15) is 0 Å². The van der Waals surface area contributed by atoms with Gasteiger partial charge in [0.05, 0.1) is 22.4 Å². The first-order chi connectivity index (χ1) is 32.2. The van der Waals surface area contributed by atoms with Crippen LogP contribution in [0.1, 0.15) is 140 Å². The first-order valence-electron chi connectivity index (χ1n) is 25.0. The minimum Gasteiger partial charge on any atom is -0.399 e. The number of benzene rings is 2. The molecule has 0 aromatic heterocycles. The molecule has 0 saturated carbocycles. The van der Waals surface area contributed by atoms with Crippen molar-refractivity contribution in [2.45, 2.75) is 151 Å². The Bertz CT molecular complexity index is 2210. The predicted molar refractivity (Wildman–Crippen MR) is 300 cm³/mol. The average molecular weight is 917 g/mol. The van der Waals surface area contributed by atoms with Crippen molar-refractivity contribution in [1.82, 2.24) is 0 Å². The van der Waals surface area contributed by atoms with E-state index in [4.69, 9.17) is 18.6 Å². The van der Waals surface area contributed by atoms with E-state index < -0.39 is 18.3 Å². The first-order valence-corrected chi connectivity index (χ1v) is 25.0. The summed E-state index contributed by atoms with van der Waals surface area (Å²) in [7, 11) is -0.785. The van der Waals surface area contributed by atoms with Gasteiger partial charge in [-0.2, -0.15) is 0 Å². The lowest BCUT2D eigenvalue weighted by atomic mass is 9.56. The standard InChI is InChI=1S/C47H59BO2.C13H21BO2.C2H6/c1-11-16-19-20-22-29-39-35-47(10,40(15-5)30-18-13-3)44(38(25-14-4)26-17-12-2)43(42(39)36-27-23-21-24-28-36)37-31-33-41(34-32-37)48-49-45(6,7)46(8,9)50-48;1-8-10(2)9-11(3)14-15-12(4,5)13(6,7)16-14;1-2/h11,13-15,17-18,21-29,31-35,40,44H,1,4-5,12,16,19-20,30H2,2-3,6-10H3;8-9H,1,3H2,2,4-7H3;1-2H3/b18-13+,26-17-,29-22+,38-25+;10-9-;. The molecule has 2 aromatic carbocycles. The molecule has 0 amide bonds. The van der Waals surface area contributed by atoms with E-state index in [2.05, 4.69) is 191 Å². The van der Waals surface area contributed by atoms with E-state index in [1.807, 2.05) is 66.7 Å². The van der Waals surface area contributed by atoms with E-state index in [1.165, 1.54) is 33.4 Å². The molecule has 2 aromatic rings. The molecule has 4 nitrogen and oxygen atoms in total. The smallest absolute Gasteiger partial charge is 0.399 e. The van der Waals surface area contributed by atoms with Crippen LogP contribution in [0.5, 0.6) is 0 Å². The van der Waals surface area contributed by atoms with Gasteiger partial charge in [-0.3, -0.25) is 0 Å². The van der Waals surface area contributed by atoms with Crippen LogP contribution in [-0.2, 0) is 18.6 Å². The van der Waals surface area contributed by atoms with Gasteiger partial charge >= 0.3 is 14.2 Å². The van der Waals surface area contributed by atoms with Crippen molar-refractivity contribution in [3.05, 3.63) is 200 Å². The van der Waals surface area contributed by atoms with Crippen LogP contribution in [0.4, 0.5) is 0 Å². The zero-order chi connectivity index (χ0) is 50.9. The van der Waals surface area contributed by atoms with Crippen molar-refractivity contribution in [1.29, 1.82) is 0 Å². The van der Waals surface area contributed by atoms with Crippen LogP contribution in [0, 0.1) is 17.3 Å². The Balaban J connectivity index is 0.000000572. The van der Waals surface area contributed by atoms with Crippen LogP contribution in [0.15, 0.2) is 189 Å². The largest absolute Gasteiger partial charge is 0.494 e. The van der Waals surface area contributed by atoms with Gasteiger partial charge in [0.25, 0.3) is 0 Å². The maximum atomic E-state index is 6.46. The van der Waals surface area contributed by atoms with Crippen LogP contribution in [0.3, 0.4) is 0 Å². The highest BCUT2D eigenvalue weighted by Gasteiger charge is 2.53. The highest BCUT2D eigenvalue weighted by atomic mass is 16.7. The zero-order valence-corrected chi connectivity index (χ0v) is 44.7. The molecule has 3 aliphatic rings. The molecule has 3 unspecified atom stereocenters. The summed E-state index contributed by atoms with van der Waals surface area (Å²) in [5, 5.41) is 0. The molecule has 2 saturated heterocycles. The highest BCUT2D eigenvalue weighted by molar-refractivity contribution is 6.62. The first kappa shape index (κ1) is 57.6. The summed E-state index contributed by atoms with van der Waals surface area (Å²) in [4.78, 5) is 0. The Morgan fingerprint density at radius 1 is 0.750 bits per heavy atom. The average Bonchev–Trinajstić information content (AvgIpc) is 3.68. The maximum Gasteiger partial charge on any atom is 0.494 e. The summed E-state index contributed by atoms with van der Waals surface area (Å²) in [6.07, 6.45) is 33.2. The fourth-order valence-electron chi connectivity index (χ4n) is 8.65. The SMILES string of the molecule is C=C/C(C)=C\C(=C)B1OC(C)(C)C(C)(C)O1.C=C/C=C(\C=C/CC)C1C(c2ccc(B3OC(C)(C)C(C)(C)O3)cc2)=C(c2ccccc2)C(/C=C/CCCC=C)=CC1(C)C(C=C)C/C=C/C.CC. The minimum absolute atomic E-state index is 0.00683. The fraction of sp³-hybridized carbons (Fsp3) is 0.419. The summed E-state index contributed by atoms with van der Waals surface area (Å²) in [6, 6.07) is 19.8. The van der Waals surface area contributed by atoms with Crippen LogP contribution < -0.4 is 5.46 Å². The van der Waals surface area contributed by atoms with Crippen LogP contribution in [0.2, 0.25) is 0 Å². The van der Waals surface area contributed by atoms with Gasteiger partial charge in [0.2, 0.25) is 0 Å². The van der Waals surface area contributed by atoms with E-state index in [0.29, 0.717) is 0 Å². The molecular formula is C62H86B2O4. The Kier molecular flexibility index (Phi) is 21.8. The van der Waals surface area contributed by atoms with Crippen LogP contribution in [0.25, 0.3) is 11.1 Å². The van der Waals surface area contributed by atoms with Crippen LogP contribution in [-0.4, -0.2) is 36.6 Å². The van der Waals surface area contributed by atoms with Gasteiger partial charge in [-0.25, -0.2) is 0 Å². The minimum atomic E-state index is -0.423. The Hall–Kier alpha value is -4.71. The third kappa shape index (κ3) is 14.0. The van der Waals surface area contributed by atoms with Crippen LogP contribution >= 0.6 is 0 Å². The topological polar surface area (TPSA) is 36.9 Å². The van der Waals surface area contributed by atoms with Gasteiger partial charge in [0.15, 0.2) is 0 Å². The van der Waals surface area contributed by atoms with Gasteiger partial charge < -0.3 is 18.6 Å². The van der Waals surface area contributed by atoms with Gasteiger partial charge in [0, 0.05) is 11.3 Å². The van der Waals surface area contributed by atoms with Crippen molar-refractivity contribution in [3.8, 4) is 0 Å².